The van der Waals surface area contributed by atoms with E-state index in [0.717, 1.165) is 24.5 Å². The molecule has 0 unspecified atom stereocenters. The van der Waals surface area contributed by atoms with Gasteiger partial charge in [-0.3, -0.25) is 0 Å². The Morgan fingerprint density at radius 3 is 3.16 bits per heavy atom. The molecule has 100 valence electrons. The highest BCUT2D eigenvalue weighted by atomic mass is 16.5. The van der Waals surface area contributed by atoms with Crippen LogP contribution in [0.15, 0.2) is 28.8 Å². The summed E-state index contributed by atoms with van der Waals surface area (Å²) in [5.41, 5.74) is 5.00. The Bertz CT molecular complexity index is 562. The quantitative estimate of drug-likeness (QED) is 0.884. The number of fused-ring (bicyclic) bond motifs is 1. The second kappa shape index (κ2) is 5.45. The van der Waals surface area contributed by atoms with Crippen molar-refractivity contribution in [3.63, 3.8) is 0 Å². The lowest BCUT2D eigenvalue weighted by molar-refractivity contribution is 0.369. The summed E-state index contributed by atoms with van der Waals surface area (Å²) in [5.74, 6) is 0.884. The van der Waals surface area contributed by atoms with Crippen molar-refractivity contribution in [2.24, 2.45) is 0 Å². The number of benzene rings is 1. The molecule has 0 saturated carbocycles. The topological polar surface area (TPSA) is 50.1 Å². The van der Waals surface area contributed by atoms with Crippen LogP contribution in [0, 0.1) is 6.92 Å². The minimum atomic E-state index is 0.713. The van der Waals surface area contributed by atoms with E-state index in [9.17, 15) is 0 Å². The van der Waals surface area contributed by atoms with Gasteiger partial charge >= 0.3 is 0 Å². The molecule has 0 radical (unpaired) electrons. The van der Waals surface area contributed by atoms with Gasteiger partial charge in [-0.05, 0) is 30.9 Å². The molecule has 3 rings (SSSR count). The first-order valence-corrected chi connectivity index (χ1v) is 6.80. The highest BCUT2D eigenvalue weighted by Crippen LogP contribution is 2.25. The molecule has 0 bridgehead atoms. The van der Waals surface area contributed by atoms with Gasteiger partial charge in [0, 0.05) is 24.8 Å². The lowest BCUT2D eigenvalue weighted by Gasteiger charge is -2.21. The lowest BCUT2D eigenvalue weighted by Crippen LogP contribution is -2.18. The van der Waals surface area contributed by atoms with Crippen LogP contribution < -0.4 is 10.6 Å². The van der Waals surface area contributed by atoms with Crippen molar-refractivity contribution in [1.82, 2.24) is 10.5 Å². The first-order chi connectivity index (χ1) is 9.33. The number of nitrogens with one attached hydrogen (secondary N) is 2. The van der Waals surface area contributed by atoms with Gasteiger partial charge in [0.05, 0.1) is 12.2 Å². The summed E-state index contributed by atoms with van der Waals surface area (Å²) >= 11 is 0. The molecule has 4 heteroatoms. The molecule has 2 heterocycles. The van der Waals surface area contributed by atoms with Crippen LogP contribution >= 0.6 is 0 Å². The summed E-state index contributed by atoms with van der Waals surface area (Å²) in [7, 11) is 0. The van der Waals surface area contributed by atoms with E-state index in [4.69, 9.17) is 4.52 Å². The van der Waals surface area contributed by atoms with Crippen LogP contribution in [0.5, 0.6) is 0 Å². The van der Waals surface area contributed by atoms with Gasteiger partial charge in [0.1, 0.15) is 0 Å². The molecule has 0 amide bonds. The maximum absolute atomic E-state index is 5.19. The Balaban J connectivity index is 1.64. The molecular weight excluding hydrogens is 238 g/mol. The predicted octanol–water partition coefficient (Wildman–Crippen LogP) is 2.63. The SMILES string of the molecule is Cc1cc(CNCc2cccc3c2NCCC3)on1. The minimum absolute atomic E-state index is 0.713. The number of rotatable bonds is 4. The molecule has 0 aliphatic carbocycles. The monoisotopic (exact) mass is 257 g/mol. The van der Waals surface area contributed by atoms with Crippen molar-refractivity contribution in [1.29, 1.82) is 0 Å². The Hall–Kier alpha value is -1.81. The van der Waals surface area contributed by atoms with Crippen LogP contribution in [0.2, 0.25) is 0 Å². The largest absolute Gasteiger partial charge is 0.385 e. The molecule has 2 aromatic rings. The third-order valence-corrected chi connectivity index (χ3v) is 3.45. The van der Waals surface area contributed by atoms with Gasteiger partial charge < -0.3 is 15.2 Å². The lowest BCUT2D eigenvalue weighted by atomic mass is 9.99. The molecule has 1 aromatic carbocycles. The standard InChI is InChI=1S/C15H19N3O/c1-11-8-14(19-18-11)10-16-9-13-5-2-4-12-6-3-7-17-15(12)13/h2,4-5,8,16-17H,3,6-7,9-10H2,1H3. The molecule has 4 nitrogen and oxygen atoms in total. The third-order valence-electron chi connectivity index (χ3n) is 3.45. The number of nitrogens with zero attached hydrogens (tertiary/aromatic N) is 1. The minimum Gasteiger partial charge on any atom is -0.385 e. The van der Waals surface area contributed by atoms with Gasteiger partial charge in [0.25, 0.3) is 0 Å². The average Bonchev–Trinajstić information content (AvgIpc) is 2.85. The summed E-state index contributed by atoms with van der Waals surface area (Å²) < 4.78 is 5.19. The zero-order chi connectivity index (χ0) is 13.1. The Kier molecular flexibility index (Phi) is 3.51. The maximum atomic E-state index is 5.19. The number of hydrogen-bond donors (Lipinski definition) is 2. The zero-order valence-corrected chi connectivity index (χ0v) is 11.2. The van der Waals surface area contributed by atoms with Gasteiger partial charge in [-0.2, -0.15) is 0 Å². The highest BCUT2D eigenvalue weighted by Gasteiger charge is 2.11. The van der Waals surface area contributed by atoms with Crippen molar-refractivity contribution in [3.8, 4) is 0 Å². The molecule has 0 atom stereocenters. The van der Waals surface area contributed by atoms with Gasteiger partial charge in [0.15, 0.2) is 5.76 Å². The van der Waals surface area contributed by atoms with Crippen molar-refractivity contribution in [2.45, 2.75) is 32.9 Å². The number of aryl methyl sites for hydroxylation is 2. The normalized spacial score (nSPS) is 13.9. The van der Waals surface area contributed by atoms with E-state index in [0.29, 0.717) is 6.54 Å². The molecular formula is C15H19N3O. The van der Waals surface area contributed by atoms with Crippen molar-refractivity contribution < 1.29 is 4.52 Å². The molecule has 0 saturated heterocycles. The molecule has 0 fully saturated rings. The summed E-state index contributed by atoms with van der Waals surface area (Å²) in [4.78, 5) is 0. The van der Waals surface area contributed by atoms with Crippen molar-refractivity contribution in [2.75, 3.05) is 11.9 Å². The maximum Gasteiger partial charge on any atom is 0.150 e. The molecule has 0 spiro atoms. The fourth-order valence-electron chi connectivity index (χ4n) is 2.55. The Morgan fingerprint density at radius 1 is 1.37 bits per heavy atom. The van der Waals surface area contributed by atoms with E-state index < -0.39 is 0 Å². The highest BCUT2D eigenvalue weighted by molar-refractivity contribution is 5.59. The predicted molar refractivity (Wildman–Crippen MR) is 75.0 cm³/mol. The summed E-state index contributed by atoms with van der Waals surface area (Å²) in [6, 6.07) is 8.49. The van der Waals surface area contributed by atoms with Gasteiger partial charge in [-0.1, -0.05) is 23.4 Å². The second-order valence-electron chi connectivity index (χ2n) is 5.02. The van der Waals surface area contributed by atoms with E-state index >= 15 is 0 Å². The number of para-hydroxylation sites is 1. The number of hydrogen-bond acceptors (Lipinski definition) is 4. The van der Waals surface area contributed by atoms with Gasteiger partial charge in [-0.15, -0.1) is 0 Å². The summed E-state index contributed by atoms with van der Waals surface area (Å²) in [6.07, 6.45) is 2.40. The van der Waals surface area contributed by atoms with E-state index in [1.54, 1.807) is 0 Å². The zero-order valence-electron chi connectivity index (χ0n) is 11.2. The number of anilines is 1. The fourth-order valence-corrected chi connectivity index (χ4v) is 2.55. The molecule has 1 aliphatic rings. The van der Waals surface area contributed by atoms with Crippen LogP contribution in [0.4, 0.5) is 5.69 Å². The van der Waals surface area contributed by atoms with E-state index in [-0.39, 0.29) is 0 Å². The Labute approximate surface area is 113 Å². The van der Waals surface area contributed by atoms with Crippen LogP contribution in [-0.4, -0.2) is 11.7 Å². The summed E-state index contributed by atoms with van der Waals surface area (Å²) in [6.45, 7) is 4.57. The summed E-state index contributed by atoms with van der Waals surface area (Å²) in [5, 5.41) is 10.8. The van der Waals surface area contributed by atoms with Crippen molar-refractivity contribution in [3.05, 3.63) is 46.8 Å². The van der Waals surface area contributed by atoms with Crippen LogP contribution in [0.3, 0.4) is 0 Å². The van der Waals surface area contributed by atoms with Crippen LogP contribution in [0.1, 0.15) is 29.0 Å². The third kappa shape index (κ3) is 2.79. The van der Waals surface area contributed by atoms with E-state index in [1.807, 2.05) is 13.0 Å². The average molecular weight is 257 g/mol. The first kappa shape index (κ1) is 12.2. The molecule has 1 aromatic heterocycles. The van der Waals surface area contributed by atoms with Crippen LogP contribution in [0.25, 0.3) is 0 Å². The number of aromatic nitrogens is 1. The molecule has 19 heavy (non-hydrogen) atoms. The van der Waals surface area contributed by atoms with Gasteiger partial charge in [0.2, 0.25) is 0 Å². The van der Waals surface area contributed by atoms with E-state index in [1.165, 1.54) is 29.7 Å². The van der Waals surface area contributed by atoms with Crippen LogP contribution in [-0.2, 0) is 19.5 Å². The van der Waals surface area contributed by atoms with E-state index in [2.05, 4.69) is 34.0 Å². The molecule has 1 aliphatic heterocycles. The second-order valence-corrected chi connectivity index (χ2v) is 5.02. The Morgan fingerprint density at radius 2 is 2.32 bits per heavy atom. The fraction of sp³-hybridized carbons (Fsp3) is 0.400. The first-order valence-electron chi connectivity index (χ1n) is 6.80. The van der Waals surface area contributed by atoms with Gasteiger partial charge in [-0.25, -0.2) is 0 Å². The molecule has 2 N–H and O–H groups in total. The smallest absolute Gasteiger partial charge is 0.150 e. The van der Waals surface area contributed by atoms with Crippen molar-refractivity contribution >= 4 is 5.69 Å².